The molecule has 0 saturated carbocycles. The Labute approximate surface area is 129 Å². The minimum atomic E-state index is -0.535. The molecule has 2 N–H and O–H groups in total. The van der Waals surface area contributed by atoms with Crippen LogP contribution in [0.4, 0.5) is 4.39 Å². The van der Waals surface area contributed by atoms with E-state index in [0.717, 1.165) is 5.56 Å². The third-order valence-corrected chi connectivity index (χ3v) is 3.52. The predicted molar refractivity (Wildman–Crippen MR) is 84.2 cm³/mol. The number of carbonyl (C=O) groups is 1. The molecular weight excluding hydrogens is 281 g/mol. The third kappa shape index (κ3) is 4.40. The van der Waals surface area contributed by atoms with Crippen molar-refractivity contribution in [2.45, 2.75) is 25.4 Å². The topological polar surface area (TPSA) is 49.3 Å². The van der Waals surface area contributed by atoms with Gasteiger partial charge in [0, 0.05) is 12.5 Å². The molecule has 4 heteroatoms. The summed E-state index contributed by atoms with van der Waals surface area (Å²) < 4.78 is 13.6. The van der Waals surface area contributed by atoms with E-state index in [1.165, 1.54) is 12.1 Å². The molecule has 0 aliphatic heterocycles. The summed E-state index contributed by atoms with van der Waals surface area (Å²) in [6.45, 7) is 2.07. The van der Waals surface area contributed by atoms with Crippen molar-refractivity contribution >= 4 is 5.91 Å². The van der Waals surface area contributed by atoms with Crippen LogP contribution in [-0.4, -0.2) is 23.7 Å². The van der Waals surface area contributed by atoms with Gasteiger partial charge in [-0.05, 0) is 31.0 Å². The molecule has 0 fully saturated rings. The molecule has 2 aromatic rings. The van der Waals surface area contributed by atoms with Gasteiger partial charge < -0.3 is 10.4 Å². The molecule has 3 nitrogen and oxygen atoms in total. The monoisotopic (exact) mass is 301 g/mol. The van der Waals surface area contributed by atoms with Crippen LogP contribution >= 0.6 is 0 Å². The molecule has 116 valence electrons. The fraction of sp³-hybridized carbons (Fsp3) is 0.278. The van der Waals surface area contributed by atoms with Gasteiger partial charge in [-0.1, -0.05) is 42.5 Å². The molecule has 1 amide bonds. The van der Waals surface area contributed by atoms with Crippen molar-refractivity contribution in [1.29, 1.82) is 0 Å². The number of nitrogens with one attached hydrogen (secondary N) is 1. The molecule has 0 spiro atoms. The van der Waals surface area contributed by atoms with Crippen molar-refractivity contribution in [2.75, 3.05) is 6.54 Å². The predicted octanol–water partition coefficient (Wildman–Crippen LogP) is 3.11. The van der Waals surface area contributed by atoms with Gasteiger partial charge in [-0.2, -0.15) is 0 Å². The molecule has 0 aliphatic carbocycles. The van der Waals surface area contributed by atoms with Gasteiger partial charge >= 0.3 is 0 Å². The minimum Gasteiger partial charge on any atom is -0.393 e. The SMILES string of the molecule is CC(O)CC(CNC(=O)c1ccccc1F)c1ccccc1. The zero-order valence-corrected chi connectivity index (χ0v) is 12.5. The Hall–Kier alpha value is -2.20. The molecule has 0 aliphatic rings. The number of halogens is 1. The highest BCUT2D eigenvalue weighted by molar-refractivity contribution is 5.94. The molecule has 2 atom stereocenters. The van der Waals surface area contributed by atoms with E-state index in [1.54, 1.807) is 19.1 Å². The standard InChI is InChI=1S/C18H20FNO2/c1-13(21)11-15(14-7-3-2-4-8-14)12-20-18(22)16-9-5-6-10-17(16)19/h2-10,13,15,21H,11-12H2,1H3,(H,20,22). The number of hydrogen-bond donors (Lipinski definition) is 2. The highest BCUT2D eigenvalue weighted by atomic mass is 19.1. The van der Waals surface area contributed by atoms with Gasteiger partial charge in [-0.3, -0.25) is 4.79 Å². The summed E-state index contributed by atoms with van der Waals surface area (Å²) in [7, 11) is 0. The molecule has 22 heavy (non-hydrogen) atoms. The van der Waals surface area contributed by atoms with Crippen LogP contribution in [-0.2, 0) is 0 Å². The fourth-order valence-corrected chi connectivity index (χ4v) is 2.43. The Morgan fingerprint density at radius 3 is 2.41 bits per heavy atom. The van der Waals surface area contributed by atoms with Gasteiger partial charge in [0.2, 0.25) is 0 Å². The van der Waals surface area contributed by atoms with E-state index in [1.807, 2.05) is 30.3 Å². The Kier molecular flexibility index (Phi) is 5.67. The summed E-state index contributed by atoms with van der Waals surface area (Å²) in [5, 5.41) is 12.4. The van der Waals surface area contributed by atoms with E-state index in [9.17, 15) is 14.3 Å². The maximum atomic E-state index is 13.6. The summed E-state index contributed by atoms with van der Waals surface area (Å²) >= 11 is 0. The van der Waals surface area contributed by atoms with Gasteiger partial charge in [0.15, 0.2) is 0 Å². The van der Waals surface area contributed by atoms with Gasteiger partial charge in [0.05, 0.1) is 11.7 Å². The first-order valence-corrected chi connectivity index (χ1v) is 7.33. The van der Waals surface area contributed by atoms with Crippen LogP contribution in [0.1, 0.15) is 35.2 Å². The lowest BCUT2D eigenvalue weighted by Gasteiger charge is -2.19. The zero-order valence-electron chi connectivity index (χ0n) is 12.5. The van der Waals surface area contributed by atoms with Gasteiger partial charge in [0.1, 0.15) is 5.82 Å². The van der Waals surface area contributed by atoms with Crippen LogP contribution < -0.4 is 5.32 Å². The summed E-state index contributed by atoms with van der Waals surface area (Å²) in [6.07, 6.45) is 0.0530. The summed E-state index contributed by atoms with van der Waals surface area (Å²) in [4.78, 5) is 12.1. The van der Waals surface area contributed by atoms with Crippen molar-refractivity contribution in [3.63, 3.8) is 0 Å². The van der Waals surface area contributed by atoms with Crippen LogP contribution in [0, 0.1) is 5.82 Å². The fourth-order valence-electron chi connectivity index (χ4n) is 2.43. The first kappa shape index (κ1) is 16.2. The number of amides is 1. The van der Waals surface area contributed by atoms with Crippen molar-refractivity contribution in [3.8, 4) is 0 Å². The number of rotatable bonds is 6. The van der Waals surface area contributed by atoms with Crippen molar-refractivity contribution < 1.29 is 14.3 Å². The van der Waals surface area contributed by atoms with Crippen molar-refractivity contribution in [1.82, 2.24) is 5.32 Å². The van der Waals surface area contributed by atoms with Crippen molar-refractivity contribution in [3.05, 3.63) is 71.5 Å². The Morgan fingerprint density at radius 2 is 1.77 bits per heavy atom. The molecule has 0 saturated heterocycles. The van der Waals surface area contributed by atoms with E-state index >= 15 is 0 Å². The molecule has 2 unspecified atom stereocenters. The Balaban J connectivity index is 2.05. The second-order valence-electron chi connectivity index (χ2n) is 5.38. The molecular formula is C18H20FNO2. The molecule has 2 rings (SSSR count). The smallest absolute Gasteiger partial charge is 0.254 e. The first-order chi connectivity index (χ1) is 10.6. The number of aliphatic hydroxyl groups is 1. The van der Waals surface area contributed by atoms with Crippen LogP contribution in [0.5, 0.6) is 0 Å². The lowest BCUT2D eigenvalue weighted by Crippen LogP contribution is -2.30. The lowest BCUT2D eigenvalue weighted by molar-refractivity contribution is 0.0941. The average Bonchev–Trinajstić information content (AvgIpc) is 2.52. The van der Waals surface area contributed by atoms with E-state index in [4.69, 9.17) is 0 Å². The Bertz CT molecular complexity index is 613. The third-order valence-electron chi connectivity index (χ3n) is 3.52. The van der Waals surface area contributed by atoms with Gasteiger partial charge in [0.25, 0.3) is 5.91 Å². The molecule has 2 aromatic carbocycles. The average molecular weight is 301 g/mol. The lowest BCUT2D eigenvalue weighted by atomic mass is 9.93. The van der Waals surface area contributed by atoms with E-state index in [0.29, 0.717) is 13.0 Å². The van der Waals surface area contributed by atoms with E-state index in [-0.39, 0.29) is 11.5 Å². The summed E-state index contributed by atoms with van der Waals surface area (Å²) in [6, 6.07) is 15.6. The highest BCUT2D eigenvalue weighted by Gasteiger charge is 2.17. The molecule has 0 bridgehead atoms. The number of aliphatic hydroxyl groups excluding tert-OH is 1. The molecule has 0 aromatic heterocycles. The van der Waals surface area contributed by atoms with Gasteiger partial charge in [-0.25, -0.2) is 4.39 Å². The van der Waals surface area contributed by atoms with Gasteiger partial charge in [-0.15, -0.1) is 0 Å². The number of benzene rings is 2. The summed E-state index contributed by atoms with van der Waals surface area (Å²) in [5.74, 6) is -0.992. The quantitative estimate of drug-likeness (QED) is 0.861. The summed E-state index contributed by atoms with van der Waals surface area (Å²) in [5.41, 5.74) is 1.07. The molecule has 0 radical (unpaired) electrons. The largest absolute Gasteiger partial charge is 0.393 e. The molecule has 0 heterocycles. The van der Waals surface area contributed by atoms with Crippen LogP contribution in [0.25, 0.3) is 0 Å². The van der Waals surface area contributed by atoms with E-state index in [2.05, 4.69) is 5.32 Å². The maximum Gasteiger partial charge on any atom is 0.254 e. The second-order valence-corrected chi connectivity index (χ2v) is 5.38. The van der Waals surface area contributed by atoms with E-state index < -0.39 is 17.8 Å². The second kappa shape index (κ2) is 7.71. The van der Waals surface area contributed by atoms with Crippen LogP contribution in [0.2, 0.25) is 0 Å². The first-order valence-electron chi connectivity index (χ1n) is 7.33. The normalized spacial score (nSPS) is 13.4. The van der Waals surface area contributed by atoms with Crippen LogP contribution in [0.15, 0.2) is 54.6 Å². The maximum absolute atomic E-state index is 13.6. The highest BCUT2D eigenvalue weighted by Crippen LogP contribution is 2.20. The zero-order chi connectivity index (χ0) is 15.9. The number of hydrogen-bond acceptors (Lipinski definition) is 2. The van der Waals surface area contributed by atoms with Crippen molar-refractivity contribution in [2.24, 2.45) is 0 Å². The number of carbonyl (C=O) groups excluding carboxylic acids is 1. The van der Waals surface area contributed by atoms with Crippen LogP contribution in [0.3, 0.4) is 0 Å². The minimum absolute atomic E-state index is 0.0167. The Morgan fingerprint density at radius 1 is 1.14 bits per heavy atom.